The van der Waals surface area contributed by atoms with E-state index in [9.17, 15) is 4.79 Å². The highest BCUT2D eigenvalue weighted by molar-refractivity contribution is 5.70. The van der Waals surface area contributed by atoms with Crippen molar-refractivity contribution in [3.63, 3.8) is 0 Å². The number of nitrogens with zero attached hydrogens (tertiary/aromatic N) is 3. The molecule has 236 valence electrons. The zero-order valence-corrected chi connectivity index (χ0v) is 26.4. The van der Waals surface area contributed by atoms with Gasteiger partial charge in [0.1, 0.15) is 11.6 Å². The van der Waals surface area contributed by atoms with Crippen molar-refractivity contribution in [1.82, 2.24) is 14.5 Å². The molecule has 0 spiro atoms. The smallest absolute Gasteiger partial charge is 0.305 e. The van der Waals surface area contributed by atoms with Crippen LogP contribution in [0.25, 0.3) is 22.6 Å². The van der Waals surface area contributed by atoms with E-state index in [2.05, 4.69) is 58.0 Å². The van der Waals surface area contributed by atoms with Gasteiger partial charge in [-0.05, 0) is 48.7 Å². The number of carbonyl (C=O) groups excluding carboxylic acids is 1. The Morgan fingerprint density at radius 3 is 2.22 bits per heavy atom. The highest BCUT2D eigenvalue weighted by Crippen LogP contribution is 2.35. The Balaban J connectivity index is 1.41. The van der Waals surface area contributed by atoms with Crippen LogP contribution in [0.2, 0.25) is 0 Å². The van der Waals surface area contributed by atoms with E-state index in [1.54, 1.807) is 7.11 Å². The molecule has 8 nitrogen and oxygen atoms in total. The van der Waals surface area contributed by atoms with Crippen LogP contribution in [0.1, 0.15) is 36.6 Å². The molecule has 4 aromatic carbocycles. The lowest BCUT2D eigenvalue weighted by Crippen LogP contribution is -2.24. The average Bonchev–Trinajstić information content (AvgIpc) is 3.70. The van der Waals surface area contributed by atoms with E-state index in [4.69, 9.17) is 23.9 Å². The number of hydrogen-bond acceptors (Lipinski definition) is 7. The van der Waals surface area contributed by atoms with Gasteiger partial charge in [0.15, 0.2) is 11.5 Å². The molecule has 0 fully saturated rings. The molecule has 5 aromatic rings. The Labute approximate surface area is 270 Å². The Morgan fingerprint density at radius 1 is 0.826 bits per heavy atom. The molecule has 1 aliphatic rings. The third-order valence-electron chi connectivity index (χ3n) is 8.00. The number of hydrogen-bond donors (Lipinski definition) is 0. The molecule has 6 rings (SSSR count). The summed E-state index contributed by atoms with van der Waals surface area (Å²) in [5.41, 5.74) is 6.38. The number of imidazole rings is 1. The third kappa shape index (κ3) is 7.41. The molecule has 0 radical (unpaired) electrons. The lowest BCUT2D eigenvalue weighted by molar-refractivity contribution is -0.143. The summed E-state index contributed by atoms with van der Waals surface area (Å²) in [5, 5.41) is 0. The number of aromatic nitrogens is 2. The van der Waals surface area contributed by atoms with Crippen LogP contribution < -0.4 is 14.2 Å². The quantitative estimate of drug-likeness (QED) is 0.120. The first kappa shape index (κ1) is 30.9. The highest BCUT2D eigenvalue weighted by Gasteiger charge is 2.23. The molecular weight excluding hydrogens is 578 g/mol. The normalized spacial score (nSPS) is 12.0. The molecule has 0 N–H and O–H groups in total. The van der Waals surface area contributed by atoms with Crippen molar-refractivity contribution in [3.05, 3.63) is 120 Å². The fourth-order valence-corrected chi connectivity index (χ4v) is 5.80. The number of rotatable bonds is 14. The Bertz CT molecular complexity index is 1740. The van der Waals surface area contributed by atoms with Gasteiger partial charge in [-0.1, -0.05) is 78.9 Å². The van der Waals surface area contributed by atoms with Gasteiger partial charge in [-0.15, -0.1) is 0 Å². The first-order valence-corrected chi connectivity index (χ1v) is 15.7. The van der Waals surface area contributed by atoms with E-state index < -0.39 is 0 Å². The van der Waals surface area contributed by atoms with Crippen LogP contribution >= 0.6 is 0 Å². The summed E-state index contributed by atoms with van der Waals surface area (Å²) in [4.78, 5) is 20.0. The van der Waals surface area contributed by atoms with Gasteiger partial charge in [-0.3, -0.25) is 9.69 Å². The van der Waals surface area contributed by atoms with Gasteiger partial charge < -0.3 is 23.5 Å². The number of benzene rings is 4. The predicted octanol–water partition coefficient (Wildman–Crippen LogP) is 7.50. The first-order chi connectivity index (χ1) is 22.6. The summed E-state index contributed by atoms with van der Waals surface area (Å²) in [6.45, 7) is 5.06. The zero-order valence-electron chi connectivity index (χ0n) is 26.4. The van der Waals surface area contributed by atoms with Crippen molar-refractivity contribution >= 4 is 5.97 Å². The van der Waals surface area contributed by atoms with Crippen LogP contribution in [-0.2, 0) is 35.7 Å². The lowest BCUT2D eigenvalue weighted by Gasteiger charge is -2.25. The molecule has 0 amide bonds. The maximum Gasteiger partial charge on any atom is 0.305 e. The summed E-state index contributed by atoms with van der Waals surface area (Å²) < 4.78 is 24.2. The van der Waals surface area contributed by atoms with Crippen molar-refractivity contribution in [2.45, 2.75) is 45.9 Å². The van der Waals surface area contributed by atoms with Gasteiger partial charge >= 0.3 is 5.97 Å². The monoisotopic (exact) mass is 617 g/mol. The maximum atomic E-state index is 12.3. The molecule has 1 aromatic heterocycles. The molecule has 0 bridgehead atoms. The molecule has 8 heteroatoms. The highest BCUT2D eigenvalue weighted by atomic mass is 16.7. The van der Waals surface area contributed by atoms with Crippen LogP contribution in [-0.4, -0.2) is 40.9 Å². The molecular formula is C38H39N3O5. The summed E-state index contributed by atoms with van der Waals surface area (Å²) >= 11 is 0. The van der Waals surface area contributed by atoms with Crippen molar-refractivity contribution in [1.29, 1.82) is 0 Å². The molecule has 2 heterocycles. The van der Waals surface area contributed by atoms with Crippen LogP contribution in [0, 0.1) is 0 Å². The van der Waals surface area contributed by atoms with Gasteiger partial charge in [-0.2, -0.15) is 0 Å². The van der Waals surface area contributed by atoms with Gasteiger partial charge in [0, 0.05) is 43.7 Å². The van der Waals surface area contributed by atoms with Crippen LogP contribution in [0.3, 0.4) is 0 Å². The maximum absolute atomic E-state index is 12.3. The molecule has 1 aliphatic heterocycles. The Morgan fingerprint density at radius 2 is 1.50 bits per heavy atom. The molecule has 0 aliphatic carbocycles. The largest absolute Gasteiger partial charge is 0.497 e. The number of esters is 1. The summed E-state index contributed by atoms with van der Waals surface area (Å²) in [7, 11) is 1.68. The number of methoxy groups -OCH3 is 1. The summed E-state index contributed by atoms with van der Waals surface area (Å²) in [6, 6.07) is 34.9. The standard InChI is InChI=1S/C38H39N3O5/c1-3-44-36(42)15-10-22-41-33(37(30-11-6-4-7-12-30)39-38(41)31-13-8-5-9-14-31)26-40(24-28-16-19-32(43-2)20-17-28)25-29-18-21-34-35(23-29)46-27-45-34/h4-9,11-14,16-21,23H,3,10,15,22,24-27H2,1-2H3. The van der Waals surface area contributed by atoms with Crippen LogP contribution in [0.4, 0.5) is 0 Å². The minimum atomic E-state index is -0.183. The minimum absolute atomic E-state index is 0.183. The molecule has 0 unspecified atom stereocenters. The molecule has 0 saturated carbocycles. The van der Waals surface area contributed by atoms with E-state index >= 15 is 0 Å². The lowest BCUT2D eigenvalue weighted by atomic mass is 10.1. The predicted molar refractivity (Wildman–Crippen MR) is 177 cm³/mol. The summed E-state index contributed by atoms with van der Waals surface area (Å²) in [6.07, 6.45) is 0.976. The minimum Gasteiger partial charge on any atom is -0.497 e. The van der Waals surface area contributed by atoms with Crippen molar-refractivity contribution in [2.24, 2.45) is 0 Å². The van der Waals surface area contributed by atoms with Crippen molar-refractivity contribution < 1.29 is 23.7 Å². The Kier molecular flexibility index (Phi) is 9.95. The summed E-state index contributed by atoms with van der Waals surface area (Å²) in [5.74, 6) is 3.05. The van der Waals surface area contributed by atoms with E-state index in [0.717, 1.165) is 51.2 Å². The van der Waals surface area contributed by atoms with Crippen molar-refractivity contribution in [3.8, 4) is 39.9 Å². The SMILES string of the molecule is CCOC(=O)CCCn1c(-c2ccccc2)nc(-c2ccccc2)c1CN(Cc1ccc(OC)cc1)Cc1ccc2c(c1)OCO2. The van der Waals surface area contributed by atoms with E-state index in [1.165, 1.54) is 5.56 Å². The van der Waals surface area contributed by atoms with E-state index in [0.29, 0.717) is 45.6 Å². The Hall–Kier alpha value is -5.08. The molecule has 0 atom stereocenters. The van der Waals surface area contributed by atoms with Crippen LogP contribution in [0.15, 0.2) is 103 Å². The third-order valence-corrected chi connectivity index (χ3v) is 8.00. The average molecular weight is 618 g/mol. The van der Waals surface area contributed by atoms with Crippen LogP contribution in [0.5, 0.6) is 17.2 Å². The topological polar surface area (TPSA) is 75.1 Å². The van der Waals surface area contributed by atoms with Gasteiger partial charge in [0.05, 0.1) is 25.1 Å². The van der Waals surface area contributed by atoms with E-state index in [1.807, 2.05) is 61.5 Å². The molecule has 0 saturated heterocycles. The fraction of sp³-hybridized carbons (Fsp3) is 0.263. The zero-order chi connectivity index (χ0) is 31.7. The van der Waals surface area contributed by atoms with Gasteiger partial charge in [0.25, 0.3) is 0 Å². The fourth-order valence-electron chi connectivity index (χ4n) is 5.80. The second-order valence-electron chi connectivity index (χ2n) is 11.2. The van der Waals surface area contributed by atoms with Gasteiger partial charge in [-0.25, -0.2) is 4.98 Å². The second kappa shape index (κ2) is 14.8. The van der Waals surface area contributed by atoms with Crippen molar-refractivity contribution in [2.75, 3.05) is 20.5 Å². The molecule has 46 heavy (non-hydrogen) atoms. The number of carbonyl (C=O) groups is 1. The number of fused-ring (bicyclic) bond motifs is 1. The van der Waals surface area contributed by atoms with Gasteiger partial charge in [0.2, 0.25) is 6.79 Å². The second-order valence-corrected chi connectivity index (χ2v) is 11.2. The number of ether oxygens (including phenoxy) is 4. The van der Waals surface area contributed by atoms with E-state index in [-0.39, 0.29) is 12.8 Å². The first-order valence-electron chi connectivity index (χ1n) is 15.7.